The van der Waals surface area contributed by atoms with Gasteiger partial charge in [-0.05, 0) is 27.2 Å². The van der Waals surface area contributed by atoms with Gasteiger partial charge in [-0.25, -0.2) is 0 Å². The SMILES string of the molecule is Cc1c(C)c(C)c2c([cH-]c3ccccc32)c1C1=CC=CC1.[Zr]=[C](c1ccccc1)c1ccccc1. The maximum atomic E-state index is 2.37. The van der Waals surface area contributed by atoms with Gasteiger partial charge in [0, 0.05) is 0 Å². The van der Waals surface area contributed by atoms with Crippen LogP contribution in [0.1, 0.15) is 39.8 Å². The number of rotatable bonds is 3. The van der Waals surface area contributed by atoms with Crippen molar-refractivity contribution < 1.29 is 24.2 Å². The second kappa shape index (κ2) is 10.3. The molecular formula is C34H29Zr-. The van der Waals surface area contributed by atoms with Gasteiger partial charge in [0.05, 0.1) is 0 Å². The summed E-state index contributed by atoms with van der Waals surface area (Å²) in [4.78, 5) is 0. The third-order valence-corrected chi connectivity index (χ3v) is 8.58. The van der Waals surface area contributed by atoms with E-state index in [0.29, 0.717) is 0 Å². The van der Waals surface area contributed by atoms with Crippen LogP contribution in [0.3, 0.4) is 0 Å². The molecule has 0 N–H and O–H groups in total. The molecule has 5 aromatic carbocycles. The maximum absolute atomic E-state index is 2.37. The Hall–Kier alpha value is -3.02. The third kappa shape index (κ3) is 4.63. The molecule has 6 rings (SSSR count). The average Bonchev–Trinajstić information content (AvgIpc) is 3.57. The Bertz CT molecular complexity index is 1540. The molecule has 0 bridgehead atoms. The minimum atomic E-state index is 1.06. The molecule has 0 nitrogen and oxygen atoms in total. The van der Waals surface area contributed by atoms with E-state index in [1.807, 2.05) is 0 Å². The number of aryl methyl sites for hydroxylation is 1. The van der Waals surface area contributed by atoms with Crippen LogP contribution in [0.25, 0.3) is 27.1 Å². The van der Waals surface area contributed by atoms with Gasteiger partial charge >= 0.3 is 99.2 Å². The summed E-state index contributed by atoms with van der Waals surface area (Å²) in [6.45, 7) is 6.80. The van der Waals surface area contributed by atoms with Crippen molar-refractivity contribution in [3.8, 4) is 0 Å². The summed E-state index contributed by atoms with van der Waals surface area (Å²) >= 11 is 1.46. The molecule has 1 aliphatic rings. The van der Waals surface area contributed by atoms with E-state index in [4.69, 9.17) is 0 Å². The van der Waals surface area contributed by atoms with Crippen molar-refractivity contribution in [1.29, 1.82) is 0 Å². The van der Waals surface area contributed by atoms with Gasteiger partial charge in [0.2, 0.25) is 0 Å². The van der Waals surface area contributed by atoms with Crippen molar-refractivity contribution in [2.75, 3.05) is 0 Å². The minimum absolute atomic E-state index is 1.06. The number of hydrogen-bond acceptors (Lipinski definition) is 0. The molecule has 35 heavy (non-hydrogen) atoms. The van der Waals surface area contributed by atoms with E-state index in [0.717, 1.165) is 6.42 Å². The first-order valence-corrected chi connectivity index (χ1v) is 13.4. The zero-order valence-corrected chi connectivity index (χ0v) is 23.1. The molecule has 5 aromatic rings. The predicted octanol–water partition coefficient (Wildman–Crippen LogP) is 8.78. The summed E-state index contributed by atoms with van der Waals surface area (Å²) in [7, 11) is 0. The van der Waals surface area contributed by atoms with Crippen LogP contribution in [0.2, 0.25) is 0 Å². The van der Waals surface area contributed by atoms with E-state index in [-0.39, 0.29) is 0 Å². The fraction of sp³-hybridized carbons (Fsp3) is 0.118. The van der Waals surface area contributed by atoms with Crippen LogP contribution in [-0.2, 0) is 24.2 Å². The fourth-order valence-corrected chi connectivity index (χ4v) is 5.92. The Morgan fingerprint density at radius 1 is 0.714 bits per heavy atom. The van der Waals surface area contributed by atoms with Crippen molar-refractivity contribution in [3.05, 3.63) is 143 Å². The quantitative estimate of drug-likeness (QED) is 0.205. The van der Waals surface area contributed by atoms with Crippen molar-refractivity contribution in [1.82, 2.24) is 0 Å². The molecule has 0 unspecified atom stereocenters. The monoisotopic (exact) mass is 527 g/mol. The summed E-state index contributed by atoms with van der Waals surface area (Å²) in [5.74, 6) is 0. The van der Waals surface area contributed by atoms with Crippen LogP contribution in [0.5, 0.6) is 0 Å². The van der Waals surface area contributed by atoms with Gasteiger partial charge in [0.25, 0.3) is 0 Å². The first-order chi connectivity index (χ1) is 17.1. The van der Waals surface area contributed by atoms with Crippen LogP contribution < -0.4 is 0 Å². The second-order valence-electron chi connectivity index (χ2n) is 9.20. The summed E-state index contributed by atoms with van der Waals surface area (Å²) in [6, 6.07) is 32.2. The summed E-state index contributed by atoms with van der Waals surface area (Å²) in [5.41, 5.74) is 9.87. The van der Waals surface area contributed by atoms with E-state index in [9.17, 15) is 0 Å². The molecule has 0 radical (unpaired) electrons. The molecular weight excluding hydrogens is 500 g/mol. The van der Waals surface area contributed by atoms with Crippen LogP contribution in [0.15, 0.2) is 109 Å². The van der Waals surface area contributed by atoms with E-state index in [2.05, 4.69) is 130 Å². The zero-order valence-electron chi connectivity index (χ0n) is 20.6. The predicted molar refractivity (Wildman–Crippen MR) is 149 cm³/mol. The standard InChI is InChI=1S/C21H19.C13H10.Zr/c1-13-14(2)20(16-8-4-5-9-16)19-12-17-10-6-7-11-18(17)21(19)15(13)3;1-3-7-12(8-4-1)11-13-9-5-2-6-10-13;/h4-8,10-12H,9H2,1-3H3;1-10H;/q-1;;. The number of allylic oxidation sites excluding steroid dienone is 4. The summed E-state index contributed by atoms with van der Waals surface area (Å²) < 4.78 is 1.42. The van der Waals surface area contributed by atoms with Gasteiger partial charge in [-0.15, -0.1) is 33.7 Å². The molecule has 0 aliphatic heterocycles. The Morgan fingerprint density at radius 3 is 1.91 bits per heavy atom. The van der Waals surface area contributed by atoms with E-state index >= 15 is 0 Å². The van der Waals surface area contributed by atoms with E-state index < -0.39 is 0 Å². The Balaban J connectivity index is 0.000000158. The van der Waals surface area contributed by atoms with Gasteiger partial charge in [-0.1, -0.05) is 64.3 Å². The first-order valence-electron chi connectivity index (χ1n) is 12.2. The molecule has 1 aliphatic carbocycles. The fourth-order valence-electron chi connectivity index (χ4n) is 5.11. The average molecular weight is 529 g/mol. The van der Waals surface area contributed by atoms with Gasteiger partial charge < -0.3 is 0 Å². The van der Waals surface area contributed by atoms with Crippen LogP contribution in [0, 0.1) is 20.8 Å². The van der Waals surface area contributed by atoms with Crippen molar-refractivity contribution in [2.45, 2.75) is 27.2 Å². The molecule has 0 atom stereocenters. The third-order valence-electron chi connectivity index (χ3n) is 7.16. The van der Waals surface area contributed by atoms with Gasteiger partial charge in [-0.2, -0.15) is 0 Å². The van der Waals surface area contributed by atoms with E-state index in [1.54, 1.807) is 0 Å². The number of hydrogen-bond donors (Lipinski definition) is 0. The van der Waals surface area contributed by atoms with Crippen LogP contribution in [-0.4, -0.2) is 3.21 Å². The summed E-state index contributed by atoms with van der Waals surface area (Å²) in [5, 5.41) is 5.61. The van der Waals surface area contributed by atoms with Gasteiger partial charge in [-0.3, -0.25) is 0 Å². The second-order valence-corrected chi connectivity index (χ2v) is 10.4. The van der Waals surface area contributed by atoms with Crippen molar-refractivity contribution in [3.63, 3.8) is 0 Å². The van der Waals surface area contributed by atoms with E-state index in [1.165, 1.54) is 87.9 Å². The molecule has 170 valence electrons. The molecule has 0 saturated carbocycles. The number of fused-ring (bicyclic) bond motifs is 3. The molecule has 0 amide bonds. The molecule has 1 heteroatoms. The summed E-state index contributed by atoms with van der Waals surface area (Å²) in [6.07, 6.45) is 7.76. The van der Waals surface area contributed by atoms with Crippen molar-refractivity contribution >= 4 is 30.3 Å². The Kier molecular flexibility index (Phi) is 6.98. The normalized spacial score (nSPS) is 12.5. The molecule has 0 heterocycles. The molecule has 0 fully saturated rings. The van der Waals surface area contributed by atoms with Crippen LogP contribution >= 0.6 is 0 Å². The Morgan fingerprint density at radius 2 is 1.31 bits per heavy atom. The van der Waals surface area contributed by atoms with Gasteiger partial charge in [0.15, 0.2) is 0 Å². The number of benzene rings is 4. The van der Waals surface area contributed by atoms with Gasteiger partial charge in [0.1, 0.15) is 0 Å². The molecule has 0 spiro atoms. The van der Waals surface area contributed by atoms with Crippen molar-refractivity contribution in [2.24, 2.45) is 0 Å². The first kappa shape index (κ1) is 23.7. The zero-order chi connectivity index (χ0) is 24.4. The topological polar surface area (TPSA) is 0 Å². The molecule has 0 aromatic heterocycles. The van der Waals surface area contributed by atoms with Crippen LogP contribution in [0.4, 0.5) is 0 Å². The molecule has 0 saturated heterocycles. The Labute approximate surface area is 223 Å².